The van der Waals surface area contributed by atoms with Gasteiger partial charge in [0.15, 0.2) is 0 Å². The van der Waals surface area contributed by atoms with Crippen molar-refractivity contribution in [2.24, 2.45) is 0 Å². The van der Waals surface area contributed by atoms with Crippen molar-refractivity contribution in [3.8, 4) is 0 Å². The Bertz CT molecular complexity index is 335. The van der Waals surface area contributed by atoms with Crippen molar-refractivity contribution in [2.45, 2.75) is 12.3 Å². The van der Waals surface area contributed by atoms with Crippen molar-refractivity contribution in [1.29, 1.82) is 0 Å². The van der Waals surface area contributed by atoms with Crippen molar-refractivity contribution in [1.82, 2.24) is 0 Å². The van der Waals surface area contributed by atoms with Crippen LogP contribution in [0.4, 0.5) is 8.78 Å². The molecular weight excluding hydrogens is 258 g/mol. The van der Waals surface area contributed by atoms with Gasteiger partial charge < -0.3 is 5.11 Å². The highest BCUT2D eigenvalue weighted by Gasteiger charge is 2.38. The van der Waals surface area contributed by atoms with Crippen LogP contribution >= 0.6 is 15.9 Å². The van der Waals surface area contributed by atoms with E-state index in [4.69, 9.17) is 5.11 Å². The molecule has 0 saturated carbocycles. The second-order valence-electron chi connectivity index (χ2n) is 2.81. The van der Waals surface area contributed by atoms with E-state index in [0.717, 1.165) is 4.47 Å². The van der Waals surface area contributed by atoms with Crippen LogP contribution in [0.2, 0.25) is 0 Å². The lowest BCUT2D eigenvalue weighted by Crippen LogP contribution is -2.30. The van der Waals surface area contributed by atoms with E-state index in [0.29, 0.717) is 5.56 Å². The van der Waals surface area contributed by atoms with Crippen LogP contribution in [0.3, 0.4) is 0 Å². The standard InChI is InChI=1S/C9H7BrF2O2/c10-7-3-1-6(2-4-7)5-9(11,12)8(13)14/h1-4H,5H2,(H,13,14). The van der Waals surface area contributed by atoms with Crippen molar-refractivity contribution in [3.63, 3.8) is 0 Å². The van der Waals surface area contributed by atoms with Crippen LogP contribution in [0.5, 0.6) is 0 Å². The van der Waals surface area contributed by atoms with E-state index in [1.807, 2.05) is 0 Å². The number of aliphatic carboxylic acids is 1. The summed E-state index contributed by atoms with van der Waals surface area (Å²) in [6, 6.07) is 6.10. The third-order valence-corrected chi connectivity index (χ3v) is 2.18. The summed E-state index contributed by atoms with van der Waals surface area (Å²) < 4.78 is 26.2. The van der Waals surface area contributed by atoms with Crippen LogP contribution in [-0.4, -0.2) is 17.0 Å². The molecule has 1 aromatic carbocycles. The second kappa shape index (κ2) is 4.04. The first kappa shape index (κ1) is 11.1. The molecular formula is C9H7BrF2O2. The molecule has 1 aromatic rings. The predicted octanol–water partition coefficient (Wildman–Crippen LogP) is 2.71. The van der Waals surface area contributed by atoms with Crippen LogP contribution in [0.1, 0.15) is 5.56 Å². The average molecular weight is 265 g/mol. The molecule has 0 amide bonds. The first-order valence-corrected chi connectivity index (χ1v) is 4.57. The lowest BCUT2D eigenvalue weighted by Gasteiger charge is -2.10. The predicted molar refractivity (Wildman–Crippen MR) is 50.4 cm³/mol. The summed E-state index contributed by atoms with van der Waals surface area (Å²) in [5.74, 6) is -5.80. The van der Waals surface area contributed by atoms with Crippen LogP contribution in [0, 0.1) is 0 Å². The van der Waals surface area contributed by atoms with Crippen molar-refractivity contribution in [3.05, 3.63) is 34.3 Å². The number of halogens is 3. The Morgan fingerprint density at radius 2 is 1.86 bits per heavy atom. The first-order valence-electron chi connectivity index (χ1n) is 3.77. The number of carboxylic acid groups (broad SMARTS) is 1. The molecule has 0 fully saturated rings. The highest BCUT2D eigenvalue weighted by atomic mass is 79.9. The van der Waals surface area contributed by atoms with Gasteiger partial charge in [0.25, 0.3) is 0 Å². The molecule has 0 unspecified atom stereocenters. The minimum absolute atomic E-state index is 0.292. The molecule has 5 heteroatoms. The van der Waals surface area contributed by atoms with E-state index < -0.39 is 18.3 Å². The number of hydrogen-bond donors (Lipinski definition) is 1. The van der Waals surface area contributed by atoms with E-state index in [1.165, 1.54) is 12.1 Å². The third-order valence-electron chi connectivity index (χ3n) is 1.65. The molecule has 2 nitrogen and oxygen atoms in total. The van der Waals surface area contributed by atoms with Crippen LogP contribution in [-0.2, 0) is 11.2 Å². The third kappa shape index (κ3) is 2.77. The van der Waals surface area contributed by atoms with Crippen LogP contribution in [0.15, 0.2) is 28.7 Å². The van der Waals surface area contributed by atoms with Gasteiger partial charge >= 0.3 is 11.9 Å². The summed E-state index contributed by atoms with van der Waals surface area (Å²) in [5, 5.41) is 8.20. The maximum atomic E-state index is 12.7. The normalized spacial score (nSPS) is 11.4. The maximum Gasteiger partial charge on any atom is 0.374 e. The minimum Gasteiger partial charge on any atom is -0.477 e. The Hall–Kier alpha value is -0.970. The number of carboxylic acids is 1. The molecule has 14 heavy (non-hydrogen) atoms. The van der Waals surface area contributed by atoms with E-state index in [2.05, 4.69) is 15.9 Å². The summed E-state index contributed by atoms with van der Waals surface area (Å²) in [5.41, 5.74) is 0.292. The average Bonchev–Trinajstić information content (AvgIpc) is 2.08. The number of carbonyl (C=O) groups is 1. The van der Waals surface area contributed by atoms with Gasteiger partial charge in [-0.15, -0.1) is 0 Å². The molecule has 0 spiro atoms. The minimum atomic E-state index is -3.70. The zero-order valence-corrected chi connectivity index (χ0v) is 8.59. The highest BCUT2D eigenvalue weighted by molar-refractivity contribution is 9.10. The summed E-state index contributed by atoms with van der Waals surface area (Å²) >= 11 is 3.15. The lowest BCUT2D eigenvalue weighted by atomic mass is 10.1. The molecule has 0 aliphatic heterocycles. The zero-order valence-electron chi connectivity index (χ0n) is 7.01. The summed E-state index contributed by atoms with van der Waals surface area (Å²) in [7, 11) is 0. The Morgan fingerprint density at radius 3 is 2.29 bits per heavy atom. The zero-order chi connectivity index (χ0) is 10.8. The van der Waals surface area contributed by atoms with Gasteiger partial charge in [0.2, 0.25) is 0 Å². The fourth-order valence-electron chi connectivity index (χ4n) is 0.934. The molecule has 0 heterocycles. The van der Waals surface area contributed by atoms with Gasteiger partial charge in [-0.2, -0.15) is 8.78 Å². The quantitative estimate of drug-likeness (QED) is 0.912. The van der Waals surface area contributed by atoms with Gasteiger partial charge in [-0.1, -0.05) is 28.1 Å². The van der Waals surface area contributed by atoms with Gasteiger partial charge in [-0.05, 0) is 17.7 Å². The smallest absolute Gasteiger partial charge is 0.374 e. The largest absolute Gasteiger partial charge is 0.477 e. The fraction of sp³-hybridized carbons (Fsp3) is 0.222. The lowest BCUT2D eigenvalue weighted by molar-refractivity contribution is -0.164. The van der Waals surface area contributed by atoms with Crippen LogP contribution in [0.25, 0.3) is 0 Å². The molecule has 0 saturated heterocycles. The summed E-state index contributed by atoms with van der Waals surface area (Å²) in [6.07, 6.45) is -0.782. The van der Waals surface area contributed by atoms with E-state index in [-0.39, 0.29) is 0 Å². The maximum absolute atomic E-state index is 12.7. The van der Waals surface area contributed by atoms with E-state index in [1.54, 1.807) is 12.1 Å². The van der Waals surface area contributed by atoms with Gasteiger partial charge in [0.05, 0.1) is 0 Å². The molecule has 0 aliphatic carbocycles. The van der Waals surface area contributed by atoms with Crippen molar-refractivity contribution < 1.29 is 18.7 Å². The monoisotopic (exact) mass is 264 g/mol. The van der Waals surface area contributed by atoms with Gasteiger partial charge in [0.1, 0.15) is 0 Å². The molecule has 0 bridgehead atoms. The van der Waals surface area contributed by atoms with E-state index >= 15 is 0 Å². The van der Waals surface area contributed by atoms with E-state index in [9.17, 15) is 13.6 Å². The molecule has 0 atom stereocenters. The fourth-order valence-corrected chi connectivity index (χ4v) is 1.20. The number of hydrogen-bond acceptors (Lipinski definition) is 1. The topological polar surface area (TPSA) is 37.3 Å². The number of benzene rings is 1. The summed E-state index contributed by atoms with van der Waals surface area (Å²) in [6.45, 7) is 0. The SMILES string of the molecule is O=C(O)C(F)(F)Cc1ccc(Br)cc1. The Labute approximate surface area is 87.7 Å². The summed E-state index contributed by atoms with van der Waals surface area (Å²) in [4.78, 5) is 10.1. The molecule has 0 radical (unpaired) electrons. The van der Waals surface area contributed by atoms with Crippen molar-refractivity contribution in [2.75, 3.05) is 0 Å². The Balaban J connectivity index is 2.79. The van der Waals surface area contributed by atoms with Gasteiger partial charge in [0, 0.05) is 10.9 Å². The highest BCUT2D eigenvalue weighted by Crippen LogP contribution is 2.21. The molecule has 76 valence electrons. The number of rotatable bonds is 3. The Kier molecular flexibility index (Phi) is 3.21. The molecule has 0 aromatic heterocycles. The molecule has 0 aliphatic rings. The molecule has 1 N–H and O–H groups in total. The van der Waals surface area contributed by atoms with Crippen LogP contribution < -0.4 is 0 Å². The van der Waals surface area contributed by atoms with Crippen molar-refractivity contribution >= 4 is 21.9 Å². The molecule has 1 rings (SSSR count). The van der Waals surface area contributed by atoms with Gasteiger partial charge in [-0.25, -0.2) is 4.79 Å². The second-order valence-corrected chi connectivity index (χ2v) is 3.73. The van der Waals surface area contributed by atoms with Gasteiger partial charge in [-0.3, -0.25) is 0 Å². The Morgan fingerprint density at radius 1 is 1.36 bits per heavy atom. The number of alkyl halides is 2. The first-order chi connectivity index (χ1) is 6.42.